The third-order valence-electron chi connectivity index (χ3n) is 1.60. The van der Waals surface area contributed by atoms with Gasteiger partial charge in [0.05, 0.1) is 4.90 Å². The van der Waals surface area contributed by atoms with Crippen molar-refractivity contribution in [3.05, 3.63) is 23.8 Å². The molecule has 1 rings (SSSR count). The normalized spacial score (nSPS) is 11.7. The lowest BCUT2D eigenvalue weighted by molar-refractivity contribution is 0.461. The number of hydrogen-bond acceptors (Lipinski definition) is 2. The highest BCUT2D eigenvalue weighted by molar-refractivity contribution is 8.00. The predicted molar refractivity (Wildman–Crippen MR) is 58.5 cm³/mol. The summed E-state index contributed by atoms with van der Waals surface area (Å²) in [6, 6.07) is 5.63. The summed E-state index contributed by atoms with van der Waals surface area (Å²) in [5, 5.41) is 9.63. The first-order chi connectivity index (χ1) is 5.90. The first-order valence-electron chi connectivity index (χ1n) is 4.38. The molecule has 0 saturated heterocycles. The molecule has 1 aromatic carbocycles. The van der Waals surface area contributed by atoms with Gasteiger partial charge in [0, 0.05) is 4.75 Å². The van der Waals surface area contributed by atoms with Gasteiger partial charge in [-0.3, -0.25) is 0 Å². The van der Waals surface area contributed by atoms with Gasteiger partial charge in [-0.25, -0.2) is 0 Å². The van der Waals surface area contributed by atoms with Gasteiger partial charge in [0.1, 0.15) is 5.75 Å². The maximum absolute atomic E-state index is 9.63. The summed E-state index contributed by atoms with van der Waals surface area (Å²) in [6.07, 6.45) is 0. The number of benzene rings is 1. The molecule has 0 amide bonds. The second kappa shape index (κ2) is 3.62. The van der Waals surface area contributed by atoms with E-state index in [2.05, 4.69) is 20.8 Å². The van der Waals surface area contributed by atoms with Gasteiger partial charge in [-0.15, -0.1) is 11.8 Å². The molecule has 0 aromatic heterocycles. The smallest absolute Gasteiger partial charge is 0.129 e. The van der Waals surface area contributed by atoms with Gasteiger partial charge in [0.2, 0.25) is 0 Å². The number of aromatic hydroxyl groups is 1. The highest BCUT2D eigenvalue weighted by Crippen LogP contribution is 2.39. The summed E-state index contributed by atoms with van der Waals surface area (Å²) in [4.78, 5) is 0.995. The lowest BCUT2D eigenvalue weighted by Crippen LogP contribution is -2.07. The van der Waals surface area contributed by atoms with E-state index in [4.69, 9.17) is 0 Å². The minimum atomic E-state index is 0.142. The van der Waals surface area contributed by atoms with Crippen LogP contribution in [-0.2, 0) is 0 Å². The van der Waals surface area contributed by atoms with Crippen molar-refractivity contribution in [2.24, 2.45) is 0 Å². The zero-order valence-electron chi connectivity index (χ0n) is 8.59. The molecular formula is C11H16OS. The first kappa shape index (κ1) is 10.5. The molecule has 0 aliphatic carbocycles. The Morgan fingerprint density at radius 3 is 2.31 bits per heavy atom. The molecule has 0 bridgehead atoms. The number of hydrogen-bond donors (Lipinski definition) is 1. The Labute approximate surface area is 84.2 Å². The molecule has 2 heteroatoms. The molecule has 0 spiro atoms. The number of phenols is 1. The molecule has 0 aliphatic heterocycles. The van der Waals surface area contributed by atoms with Gasteiger partial charge in [0.25, 0.3) is 0 Å². The summed E-state index contributed by atoms with van der Waals surface area (Å²) < 4.78 is 0.142. The van der Waals surface area contributed by atoms with E-state index >= 15 is 0 Å². The Morgan fingerprint density at radius 2 is 1.85 bits per heavy atom. The van der Waals surface area contributed by atoms with Gasteiger partial charge >= 0.3 is 0 Å². The van der Waals surface area contributed by atoms with Crippen LogP contribution in [0.25, 0.3) is 0 Å². The summed E-state index contributed by atoms with van der Waals surface area (Å²) in [5.41, 5.74) is 1.14. The molecule has 0 atom stereocenters. The molecule has 1 aromatic rings. The zero-order valence-corrected chi connectivity index (χ0v) is 9.40. The van der Waals surface area contributed by atoms with E-state index in [1.807, 2.05) is 19.1 Å². The van der Waals surface area contributed by atoms with Crippen LogP contribution in [0.3, 0.4) is 0 Å². The molecule has 0 aliphatic rings. The average Bonchev–Trinajstić information content (AvgIpc) is 1.95. The Bertz CT molecular complexity index is 279. The van der Waals surface area contributed by atoms with E-state index in [0.29, 0.717) is 5.75 Å². The zero-order chi connectivity index (χ0) is 10.1. The highest BCUT2D eigenvalue weighted by Gasteiger charge is 2.15. The lowest BCUT2D eigenvalue weighted by Gasteiger charge is -2.19. The van der Waals surface area contributed by atoms with Crippen LogP contribution in [0.15, 0.2) is 23.1 Å². The number of rotatable bonds is 1. The van der Waals surface area contributed by atoms with Crippen molar-refractivity contribution < 1.29 is 5.11 Å². The summed E-state index contributed by atoms with van der Waals surface area (Å²) in [6.45, 7) is 8.45. The molecule has 0 fully saturated rings. The maximum atomic E-state index is 9.63. The second-order valence-corrected chi connectivity index (χ2v) is 5.97. The molecule has 0 unspecified atom stereocenters. The fourth-order valence-corrected chi connectivity index (χ4v) is 2.09. The molecule has 1 N–H and O–H groups in total. The Balaban J connectivity index is 3.00. The van der Waals surface area contributed by atoms with E-state index < -0.39 is 0 Å². The van der Waals surface area contributed by atoms with Crippen molar-refractivity contribution in [1.82, 2.24) is 0 Å². The van der Waals surface area contributed by atoms with Crippen LogP contribution in [0.4, 0.5) is 0 Å². The van der Waals surface area contributed by atoms with E-state index in [-0.39, 0.29) is 4.75 Å². The number of thioether (sulfide) groups is 1. The second-order valence-electron chi connectivity index (χ2n) is 4.14. The minimum absolute atomic E-state index is 0.142. The van der Waals surface area contributed by atoms with E-state index in [1.54, 1.807) is 17.8 Å². The quantitative estimate of drug-likeness (QED) is 0.693. The molecular weight excluding hydrogens is 180 g/mol. The van der Waals surface area contributed by atoms with Crippen molar-refractivity contribution in [2.45, 2.75) is 37.3 Å². The van der Waals surface area contributed by atoms with Crippen LogP contribution in [0.2, 0.25) is 0 Å². The van der Waals surface area contributed by atoms with Crippen molar-refractivity contribution in [3.8, 4) is 5.75 Å². The fraction of sp³-hybridized carbons (Fsp3) is 0.455. The summed E-state index contributed by atoms with van der Waals surface area (Å²) in [7, 11) is 0. The monoisotopic (exact) mass is 196 g/mol. The molecule has 1 nitrogen and oxygen atoms in total. The van der Waals surface area contributed by atoms with E-state index in [9.17, 15) is 5.11 Å². The van der Waals surface area contributed by atoms with Crippen LogP contribution < -0.4 is 0 Å². The molecule has 13 heavy (non-hydrogen) atoms. The fourth-order valence-electron chi connectivity index (χ4n) is 1.08. The first-order valence-corrected chi connectivity index (χ1v) is 5.19. The minimum Gasteiger partial charge on any atom is -0.507 e. The van der Waals surface area contributed by atoms with Crippen molar-refractivity contribution >= 4 is 11.8 Å². The summed E-state index contributed by atoms with van der Waals surface area (Å²) in [5.74, 6) is 0.389. The molecule has 0 radical (unpaired) electrons. The van der Waals surface area contributed by atoms with Crippen molar-refractivity contribution in [2.75, 3.05) is 0 Å². The van der Waals surface area contributed by atoms with Crippen molar-refractivity contribution in [1.29, 1.82) is 0 Å². The lowest BCUT2D eigenvalue weighted by atomic mass is 10.2. The van der Waals surface area contributed by atoms with E-state index in [0.717, 1.165) is 10.5 Å². The van der Waals surface area contributed by atoms with Gasteiger partial charge in [-0.2, -0.15) is 0 Å². The van der Waals surface area contributed by atoms with Gasteiger partial charge in [-0.05, 0) is 18.6 Å². The molecule has 0 saturated carbocycles. The van der Waals surface area contributed by atoms with Crippen LogP contribution in [0.5, 0.6) is 5.75 Å². The van der Waals surface area contributed by atoms with Crippen LogP contribution in [0, 0.1) is 6.92 Å². The van der Waals surface area contributed by atoms with Crippen molar-refractivity contribution in [3.63, 3.8) is 0 Å². The number of aryl methyl sites for hydroxylation is 1. The van der Waals surface area contributed by atoms with Gasteiger partial charge in [0.15, 0.2) is 0 Å². The van der Waals surface area contributed by atoms with Crippen LogP contribution in [0.1, 0.15) is 26.3 Å². The SMILES string of the molecule is Cc1cccc(O)c1SC(C)(C)C. The topological polar surface area (TPSA) is 20.2 Å². The predicted octanol–water partition coefficient (Wildman–Crippen LogP) is 3.59. The Hall–Kier alpha value is -0.630. The highest BCUT2D eigenvalue weighted by atomic mass is 32.2. The third kappa shape index (κ3) is 2.96. The summed E-state index contributed by atoms with van der Waals surface area (Å²) >= 11 is 1.70. The Kier molecular flexibility index (Phi) is 2.91. The van der Waals surface area contributed by atoms with Crippen LogP contribution in [-0.4, -0.2) is 9.85 Å². The Morgan fingerprint density at radius 1 is 1.23 bits per heavy atom. The van der Waals surface area contributed by atoms with E-state index in [1.165, 1.54) is 0 Å². The maximum Gasteiger partial charge on any atom is 0.129 e. The largest absolute Gasteiger partial charge is 0.507 e. The van der Waals surface area contributed by atoms with Gasteiger partial charge < -0.3 is 5.11 Å². The third-order valence-corrected chi connectivity index (χ3v) is 2.95. The van der Waals surface area contributed by atoms with Gasteiger partial charge in [-0.1, -0.05) is 32.9 Å². The molecule has 72 valence electrons. The standard InChI is InChI=1S/C11H16OS/c1-8-6-5-7-9(12)10(8)13-11(2,3)4/h5-7,12H,1-4H3. The number of phenolic OH excluding ortho intramolecular Hbond substituents is 1. The average molecular weight is 196 g/mol. The van der Waals surface area contributed by atoms with Crippen LogP contribution >= 0.6 is 11.8 Å². The molecule has 0 heterocycles.